The molecule has 0 radical (unpaired) electrons. The normalized spacial score (nSPS) is 12.0. The molecular formula is C23H31F2IN4O3. The molecule has 1 unspecified atom stereocenters. The summed E-state index contributed by atoms with van der Waals surface area (Å²) in [6, 6.07) is 13.3. The van der Waals surface area contributed by atoms with Crippen LogP contribution in [0.3, 0.4) is 0 Å². The summed E-state index contributed by atoms with van der Waals surface area (Å²) < 4.78 is 28.8. The highest BCUT2D eigenvalue weighted by Crippen LogP contribution is 2.19. The van der Waals surface area contributed by atoms with E-state index in [4.69, 9.17) is 0 Å². The van der Waals surface area contributed by atoms with Crippen molar-refractivity contribution in [1.82, 2.24) is 10.6 Å². The van der Waals surface area contributed by atoms with E-state index in [2.05, 4.69) is 25.7 Å². The minimum Gasteiger partial charge on any atom is -0.435 e. The molecule has 1 amide bonds. The Morgan fingerprint density at radius 2 is 1.85 bits per heavy atom. The third-order valence-electron chi connectivity index (χ3n) is 4.40. The molecule has 1 atom stereocenters. The molecule has 2 aromatic carbocycles. The van der Waals surface area contributed by atoms with Gasteiger partial charge < -0.3 is 25.8 Å². The van der Waals surface area contributed by atoms with Gasteiger partial charge in [0.1, 0.15) is 5.75 Å². The minimum atomic E-state index is -2.89. The molecule has 0 aromatic heterocycles. The maximum Gasteiger partial charge on any atom is 0.387 e. The van der Waals surface area contributed by atoms with Crippen molar-refractivity contribution in [1.29, 1.82) is 0 Å². The number of aliphatic hydroxyl groups is 1. The van der Waals surface area contributed by atoms with Crippen LogP contribution in [0.5, 0.6) is 5.75 Å². The first-order chi connectivity index (χ1) is 15.4. The number of ether oxygens (including phenoxy) is 1. The average Bonchev–Trinajstić information content (AvgIpc) is 2.76. The topological polar surface area (TPSA) is 95.0 Å². The van der Waals surface area contributed by atoms with Crippen molar-refractivity contribution in [2.45, 2.75) is 45.9 Å². The number of alkyl halides is 2. The van der Waals surface area contributed by atoms with Crippen molar-refractivity contribution in [2.24, 2.45) is 4.99 Å². The highest BCUT2D eigenvalue weighted by Gasteiger charge is 2.10. The number of carbonyl (C=O) groups is 1. The van der Waals surface area contributed by atoms with Crippen LogP contribution in [0.4, 0.5) is 14.5 Å². The van der Waals surface area contributed by atoms with E-state index in [1.807, 2.05) is 38.1 Å². The Labute approximate surface area is 210 Å². The molecule has 2 aromatic rings. The lowest BCUT2D eigenvalue weighted by Gasteiger charge is -2.16. The Balaban J connectivity index is 0.00000544. The Morgan fingerprint density at radius 3 is 2.48 bits per heavy atom. The second-order valence-electron chi connectivity index (χ2n) is 7.04. The standard InChI is InChI=1S/C23H30F2N4O3.HI/c1-3-6-21(31)29-18-8-5-7-16(13-18)14-27-23(26-4-2)28-15-20(30)17-9-11-19(12-10-17)32-22(24)25;/h5,7-13,20,22,30H,3-4,6,14-15H2,1-2H3,(H,29,31)(H2,26,27,28);1H. The van der Waals surface area contributed by atoms with Gasteiger partial charge in [0.2, 0.25) is 5.91 Å². The summed E-state index contributed by atoms with van der Waals surface area (Å²) in [7, 11) is 0. The lowest BCUT2D eigenvalue weighted by Crippen LogP contribution is -2.39. The quantitative estimate of drug-likeness (QED) is 0.181. The number of hydrogen-bond acceptors (Lipinski definition) is 4. The van der Waals surface area contributed by atoms with Crippen LogP contribution in [0.1, 0.15) is 43.9 Å². The summed E-state index contributed by atoms with van der Waals surface area (Å²) in [5.74, 6) is 0.530. The van der Waals surface area contributed by atoms with Crippen LogP contribution < -0.4 is 20.7 Å². The number of nitrogens with one attached hydrogen (secondary N) is 3. The summed E-state index contributed by atoms with van der Waals surface area (Å²) in [5.41, 5.74) is 2.21. The van der Waals surface area contributed by atoms with Crippen LogP contribution >= 0.6 is 24.0 Å². The van der Waals surface area contributed by atoms with Crippen LogP contribution in [0, 0.1) is 0 Å². The summed E-state index contributed by atoms with van der Waals surface area (Å²) in [6.45, 7) is 2.18. The molecule has 0 aliphatic heterocycles. The molecule has 0 bridgehead atoms. The molecular weight excluding hydrogens is 545 g/mol. The predicted octanol–water partition coefficient (Wildman–Crippen LogP) is 4.43. The highest BCUT2D eigenvalue weighted by molar-refractivity contribution is 14.0. The van der Waals surface area contributed by atoms with Crippen molar-refractivity contribution in [2.75, 3.05) is 18.4 Å². The largest absolute Gasteiger partial charge is 0.435 e. The first kappa shape index (κ1) is 28.6. The molecule has 0 spiro atoms. The molecule has 0 aliphatic rings. The second-order valence-corrected chi connectivity index (χ2v) is 7.04. The fourth-order valence-electron chi connectivity index (χ4n) is 2.89. The number of nitrogens with zero attached hydrogens (tertiary/aromatic N) is 1. The molecule has 2 rings (SSSR count). The van der Waals surface area contributed by atoms with Gasteiger partial charge in [0.25, 0.3) is 0 Å². The van der Waals surface area contributed by atoms with Gasteiger partial charge in [-0.1, -0.05) is 31.2 Å². The zero-order valence-corrected chi connectivity index (χ0v) is 21.0. The molecule has 0 aliphatic carbocycles. The second kappa shape index (κ2) is 15.4. The molecule has 0 heterocycles. The van der Waals surface area contributed by atoms with Crippen molar-refractivity contribution >= 4 is 41.5 Å². The summed E-state index contributed by atoms with van der Waals surface area (Å²) >= 11 is 0. The van der Waals surface area contributed by atoms with Gasteiger partial charge in [-0.2, -0.15) is 8.78 Å². The number of carbonyl (C=O) groups excluding carboxylic acids is 1. The predicted molar refractivity (Wildman–Crippen MR) is 136 cm³/mol. The van der Waals surface area contributed by atoms with Crippen LogP contribution in [0.25, 0.3) is 0 Å². The van der Waals surface area contributed by atoms with Gasteiger partial charge >= 0.3 is 6.61 Å². The molecule has 0 saturated heterocycles. The SMILES string of the molecule is CCCC(=O)Nc1cccc(CN=C(NCC)NCC(O)c2ccc(OC(F)F)cc2)c1.I. The maximum absolute atomic E-state index is 12.2. The van der Waals surface area contributed by atoms with Gasteiger partial charge in [0.05, 0.1) is 12.6 Å². The van der Waals surface area contributed by atoms with E-state index in [0.717, 1.165) is 17.7 Å². The minimum absolute atomic E-state index is 0. The molecule has 182 valence electrons. The van der Waals surface area contributed by atoms with E-state index in [0.29, 0.717) is 31.0 Å². The number of aliphatic imine (C=N–C) groups is 1. The molecule has 0 saturated carbocycles. The molecule has 4 N–H and O–H groups in total. The third kappa shape index (κ3) is 10.8. The van der Waals surface area contributed by atoms with Crippen LogP contribution in [0.15, 0.2) is 53.5 Å². The van der Waals surface area contributed by atoms with Crippen molar-refractivity contribution < 1.29 is 23.4 Å². The molecule has 10 heteroatoms. The van der Waals surface area contributed by atoms with Crippen molar-refractivity contribution in [3.63, 3.8) is 0 Å². The smallest absolute Gasteiger partial charge is 0.387 e. The Kier molecular flexibility index (Phi) is 13.3. The first-order valence-electron chi connectivity index (χ1n) is 10.5. The number of aliphatic hydroxyl groups excluding tert-OH is 1. The van der Waals surface area contributed by atoms with Gasteiger partial charge in [-0.25, -0.2) is 4.99 Å². The van der Waals surface area contributed by atoms with E-state index in [1.165, 1.54) is 24.3 Å². The lowest BCUT2D eigenvalue weighted by atomic mass is 10.1. The number of hydrogen-bond donors (Lipinski definition) is 4. The summed E-state index contributed by atoms with van der Waals surface area (Å²) in [4.78, 5) is 16.3. The monoisotopic (exact) mass is 576 g/mol. The van der Waals surface area contributed by atoms with Crippen LogP contribution in [-0.4, -0.2) is 36.7 Å². The fourth-order valence-corrected chi connectivity index (χ4v) is 2.89. The summed E-state index contributed by atoms with van der Waals surface area (Å²) in [5, 5.41) is 19.4. The van der Waals surface area contributed by atoms with Gasteiger partial charge in [-0.15, -0.1) is 24.0 Å². The summed E-state index contributed by atoms with van der Waals surface area (Å²) in [6.07, 6.45) is 0.394. The number of halogens is 3. The lowest BCUT2D eigenvalue weighted by molar-refractivity contribution is -0.116. The van der Waals surface area contributed by atoms with Crippen LogP contribution in [-0.2, 0) is 11.3 Å². The highest BCUT2D eigenvalue weighted by atomic mass is 127. The average molecular weight is 576 g/mol. The Morgan fingerprint density at radius 1 is 1.12 bits per heavy atom. The number of anilines is 1. The van der Waals surface area contributed by atoms with E-state index in [1.54, 1.807) is 0 Å². The molecule has 7 nitrogen and oxygen atoms in total. The number of guanidine groups is 1. The van der Waals surface area contributed by atoms with Crippen molar-refractivity contribution in [3.8, 4) is 5.75 Å². The third-order valence-corrected chi connectivity index (χ3v) is 4.40. The van der Waals surface area contributed by atoms with E-state index < -0.39 is 12.7 Å². The maximum atomic E-state index is 12.2. The van der Waals surface area contributed by atoms with Gasteiger partial charge in [0.15, 0.2) is 5.96 Å². The zero-order valence-electron chi connectivity index (χ0n) is 18.7. The Bertz CT molecular complexity index is 882. The molecule has 33 heavy (non-hydrogen) atoms. The first-order valence-corrected chi connectivity index (χ1v) is 10.5. The Hall–Kier alpha value is -2.47. The number of benzene rings is 2. The van der Waals surface area contributed by atoms with Crippen molar-refractivity contribution in [3.05, 3.63) is 59.7 Å². The van der Waals surface area contributed by atoms with E-state index in [9.17, 15) is 18.7 Å². The van der Waals surface area contributed by atoms with Crippen LogP contribution in [0.2, 0.25) is 0 Å². The van der Waals surface area contributed by atoms with Gasteiger partial charge in [-0.05, 0) is 48.7 Å². The zero-order chi connectivity index (χ0) is 23.3. The van der Waals surface area contributed by atoms with E-state index >= 15 is 0 Å². The van der Waals surface area contributed by atoms with E-state index in [-0.39, 0.29) is 42.2 Å². The fraction of sp³-hybridized carbons (Fsp3) is 0.391. The number of rotatable bonds is 11. The van der Waals surface area contributed by atoms with Gasteiger partial charge in [-0.3, -0.25) is 4.79 Å². The molecule has 0 fully saturated rings. The number of amides is 1. The van der Waals surface area contributed by atoms with Gasteiger partial charge in [0, 0.05) is 25.2 Å².